The van der Waals surface area contributed by atoms with Crippen LogP contribution in [0.25, 0.3) is 0 Å². The third-order valence-corrected chi connectivity index (χ3v) is 3.68. The molecule has 1 aromatic carbocycles. The molecule has 18 heavy (non-hydrogen) atoms. The highest BCUT2D eigenvalue weighted by molar-refractivity contribution is 7.99. The van der Waals surface area contributed by atoms with Gasteiger partial charge in [0.1, 0.15) is 5.82 Å². The van der Waals surface area contributed by atoms with Gasteiger partial charge in [0.2, 0.25) is 0 Å². The Morgan fingerprint density at radius 1 is 1.17 bits per heavy atom. The fourth-order valence-corrected chi connectivity index (χ4v) is 2.47. The van der Waals surface area contributed by atoms with E-state index in [0.29, 0.717) is 17.1 Å². The summed E-state index contributed by atoms with van der Waals surface area (Å²) in [5.41, 5.74) is 1.03. The number of halogens is 1. The summed E-state index contributed by atoms with van der Waals surface area (Å²) >= 11 is 1.33. The van der Waals surface area contributed by atoms with Crippen molar-refractivity contribution in [2.24, 2.45) is 0 Å². The highest BCUT2D eigenvalue weighted by atomic mass is 32.2. The van der Waals surface area contributed by atoms with E-state index >= 15 is 0 Å². The van der Waals surface area contributed by atoms with E-state index in [1.54, 1.807) is 30.6 Å². The van der Waals surface area contributed by atoms with Crippen molar-refractivity contribution < 1.29 is 9.50 Å². The first kappa shape index (κ1) is 13.1. The van der Waals surface area contributed by atoms with Crippen LogP contribution in [0.5, 0.6) is 0 Å². The van der Waals surface area contributed by atoms with Crippen molar-refractivity contribution in [1.29, 1.82) is 0 Å². The van der Waals surface area contributed by atoms with Gasteiger partial charge >= 0.3 is 0 Å². The fourth-order valence-electron chi connectivity index (χ4n) is 1.60. The minimum atomic E-state index is -0.489. The molecular formula is C14H14FNOS. The van der Waals surface area contributed by atoms with Crippen LogP contribution in [-0.2, 0) is 6.42 Å². The summed E-state index contributed by atoms with van der Waals surface area (Å²) in [6.07, 6.45) is 3.47. The van der Waals surface area contributed by atoms with Crippen LogP contribution in [0.3, 0.4) is 0 Å². The van der Waals surface area contributed by atoms with Gasteiger partial charge in [-0.2, -0.15) is 0 Å². The molecule has 1 atom stereocenters. The minimum absolute atomic E-state index is 0.237. The molecule has 0 aliphatic rings. The predicted octanol–water partition coefficient (Wildman–Crippen LogP) is 2.92. The average molecular weight is 263 g/mol. The smallest absolute Gasteiger partial charge is 0.136 e. The Labute approximate surface area is 110 Å². The molecule has 0 spiro atoms. The van der Waals surface area contributed by atoms with Gasteiger partial charge in [0.05, 0.1) is 6.10 Å². The number of hydrogen-bond donors (Lipinski definition) is 1. The molecule has 0 amide bonds. The lowest BCUT2D eigenvalue weighted by Crippen LogP contribution is -2.13. The van der Waals surface area contributed by atoms with Crippen molar-refractivity contribution in [2.45, 2.75) is 17.4 Å². The molecule has 1 N–H and O–H groups in total. The first-order valence-corrected chi connectivity index (χ1v) is 6.68. The van der Waals surface area contributed by atoms with E-state index in [0.717, 1.165) is 5.56 Å². The molecular weight excluding hydrogens is 249 g/mol. The summed E-state index contributed by atoms with van der Waals surface area (Å²) in [5.74, 6) is 0.238. The summed E-state index contributed by atoms with van der Waals surface area (Å²) in [5, 5.41) is 9.89. The van der Waals surface area contributed by atoms with E-state index < -0.39 is 6.10 Å². The first-order valence-electron chi connectivity index (χ1n) is 5.70. The van der Waals surface area contributed by atoms with Crippen molar-refractivity contribution in [3.63, 3.8) is 0 Å². The zero-order valence-corrected chi connectivity index (χ0v) is 10.6. The van der Waals surface area contributed by atoms with Crippen LogP contribution in [0.4, 0.5) is 4.39 Å². The Bertz CT molecular complexity index is 492. The molecule has 0 fully saturated rings. The molecule has 0 saturated carbocycles. The highest BCUT2D eigenvalue weighted by Gasteiger charge is 2.08. The van der Waals surface area contributed by atoms with E-state index in [4.69, 9.17) is 0 Å². The summed E-state index contributed by atoms with van der Waals surface area (Å²) in [6, 6.07) is 10.3. The molecule has 4 heteroatoms. The summed E-state index contributed by atoms with van der Waals surface area (Å²) < 4.78 is 13.4. The minimum Gasteiger partial charge on any atom is -0.392 e. The van der Waals surface area contributed by atoms with Crippen LogP contribution in [0, 0.1) is 5.82 Å². The van der Waals surface area contributed by atoms with Crippen LogP contribution >= 0.6 is 11.8 Å². The average Bonchev–Trinajstić information content (AvgIpc) is 2.39. The zero-order chi connectivity index (χ0) is 12.8. The third kappa shape index (κ3) is 3.82. The summed E-state index contributed by atoms with van der Waals surface area (Å²) in [4.78, 5) is 4.50. The number of thioether (sulfide) groups is 1. The van der Waals surface area contributed by atoms with Gasteiger partial charge in [0.15, 0.2) is 0 Å². The molecule has 2 aromatic rings. The molecule has 0 saturated heterocycles. The van der Waals surface area contributed by atoms with Gasteiger partial charge in [0, 0.05) is 23.0 Å². The van der Waals surface area contributed by atoms with Crippen molar-refractivity contribution in [2.75, 3.05) is 5.75 Å². The number of pyridine rings is 1. The second kappa shape index (κ2) is 6.52. The van der Waals surface area contributed by atoms with Crippen LogP contribution < -0.4 is 0 Å². The number of rotatable bonds is 5. The van der Waals surface area contributed by atoms with Crippen LogP contribution in [0.1, 0.15) is 5.56 Å². The normalized spacial score (nSPS) is 12.3. The number of hydrogen-bond acceptors (Lipinski definition) is 3. The topological polar surface area (TPSA) is 33.1 Å². The van der Waals surface area contributed by atoms with Crippen LogP contribution in [-0.4, -0.2) is 21.9 Å². The van der Waals surface area contributed by atoms with Crippen LogP contribution in [0.2, 0.25) is 0 Å². The molecule has 0 aliphatic heterocycles. The van der Waals surface area contributed by atoms with Gasteiger partial charge in [-0.15, -0.1) is 11.8 Å². The zero-order valence-electron chi connectivity index (χ0n) is 9.79. The van der Waals surface area contributed by atoms with Crippen molar-refractivity contribution in [3.8, 4) is 0 Å². The molecule has 0 aliphatic carbocycles. The maximum absolute atomic E-state index is 13.4. The van der Waals surface area contributed by atoms with Gasteiger partial charge in [-0.3, -0.25) is 4.98 Å². The lowest BCUT2D eigenvalue weighted by Gasteiger charge is -2.10. The SMILES string of the molecule is OC(CSc1ccccc1F)Cc1ccncc1. The molecule has 2 nitrogen and oxygen atoms in total. The predicted molar refractivity (Wildman–Crippen MR) is 71.1 cm³/mol. The lowest BCUT2D eigenvalue weighted by molar-refractivity contribution is 0.200. The van der Waals surface area contributed by atoms with E-state index in [9.17, 15) is 9.50 Å². The molecule has 1 unspecified atom stereocenters. The van der Waals surface area contributed by atoms with Gasteiger partial charge in [0.25, 0.3) is 0 Å². The molecule has 0 bridgehead atoms. The summed E-state index contributed by atoms with van der Waals surface area (Å²) in [7, 11) is 0. The quantitative estimate of drug-likeness (QED) is 0.842. The van der Waals surface area contributed by atoms with Crippen molar-refractivity contribution in [3.05, 3.63) is 60.2 Å². The van der Waals surface area contributed by atoms with E-state index in [2.05, 4.69) is 4.98 Å². The fraction of sp³-hybridized carbons (Fsp3) is 0.214. The third-order valence-electron chi connectivity index (χ3n) is 2.49. The van der Waals surface area contributed by atoms with Gasteiger partial charge < -0.3 is 5.11 Å². The van der Waals surface area contributed by atoms with Crippen molar-refractivity contribution >= 4 is 11.8 Å². The Morgan fingerprint density at radius 3 is 2.61 bits per heavy atom. The number of aromatic nitrogens is 1. The number of nitrogens with zero attached hydrogens (tertiary/aromatic N) is 1. The Morgan fingerprint density at radius 2 is 1.89 bits per heavy atom. The number of aliphatic hydroxyl groups excluding tert-OH is 1. The number of aliphatic hydroxyl groups is 1. The Hall–Kier alpha value is -1.39. The Balaban J connectivity index is 1.86. The van der Waals surface area contributed by atoms with E-state index in [-0.39, 0.29) is 5.82 Å². The summed E-state index contributed by atoms with van der Waals surface area (Å²) in [6.45, 7) is 0. The second-order valence-electron chi connectivity index (χ2n) is 3.95. The highest BCUT2D eigenvalue weighted by Crippen LogP contribution is 2.22. The Kier molecular flexibility index (Phi) is 4.73. The maximum Gasteiger partial charge on any atom is 0.136 e. The second-order valence-corrected chi connectivity index (χ2v) is 5.02. The molecule has 0 radical (unpaired) electrons. The monoisotopic (exact) mass is 263 g/mol. The van der Waals surface area contributed by atoms with Gasteiger partial charge in [-0.25, -0.2) is 4.39 Å². The van der Waals surface area contributed by atoms with Gasteiger partial charge in [-0.05, 0) is 36.2 Å². The lowest BCUT2D eigenvalue weighted by atomic mass is 10.1. The first-order chi connectivity index (χ1) is 8.75. The molecule has 1 aromatic heterocycles. The van der Waals surface area contributed by atoms with E-state index in [1.807, 2.05) is 12.1 Å². The molecule has 94 valence electrons. The molecule has 2 rings (SSSR count). The molecule has 1 heterocycles. The van der Waals surface area contributed by atoms with E-state index in [1.165, 1.54) is 17.8 Å². The largest absolute Gasteiger partial charge is 0.392 e. The number of benzene rings is 1. The maximum atomic E-state index is 13.4. The van der Waals surface area contributed by atoms with Crippen molar-refractivity contribution in [1.82, 2.24) is 4.98 Å². The van der Waals surface area contributed by atoms with Crippen LogP contribution in [0.15, 0.2) is 53.7 Å². The van der Waals surface area contributed by atoms with Gasteiger partial charge in [-0.1, -0.05) is 12.1 Å². The standard InChI is InChI=1S/C14H14FNOS/c15-13-3-1-2-4-14(13)18-10-12(17)9-11-5-7-16-8-6-11/h1-8,12,17H,9-10H2.